The number of carbonyl (C=O) groups is 4. The Bertz CT molecular complexity index is 167. The third-order valence-corrected chi connectivity index (χ3v) is 0. The van der Waals surface area contributed by atoms with Gasteiger partial charge in [-0.3, -0.25) is 0 Å². The molecule has 0 saturated heterocycles. The first-order chi connectivity index (χ1) is 6.93. The van der Waals surface area contributed by atoms with Gasteiger partial charge < -0.3 is 60.0 Å². The molecule has 0 aromatic rings. The molecule has 20 heavy (non-hydrogen) atoms. The summed E-state index contributed by atoms with van der Waals surface area (Å²) in [7, 11) is 0. The molecule has 0 unspecified atom stereocenters. The van der Waals surface area contributed by atoms with Gasteiger partial charge in [0.25, 0.3) is 0 Å². The summed E-state index contributed by atoms with van der Waals surface area (Å²) < 4.78 is 0. The van der Waals surface area contributed by atoms with Crippen LogP contribution in [0.3, 0.4) is 0 Å². The number of hydrogen-bond acceptors (Lipinski definition) is 12. The van der Waals surface area contributed by atoms with E-state index in [0.717, 1.165) is 0 Å². The van der Waals surface area contributed by atoms with Crippen molar-refractivity contribution in [1.29, 1.82) is 0 Å². The van der Waals surface area contributed by atoms with Crippen molar-refractivity contribution in [3.8, 4) is 0 Å². The Balaban J connectivity index is -0.0000000150. The van der Waals surface area contributed by atoms with Crippen molar-refractivity contribution in [2.75, 3.05) is 0 Å². The van der Waals surface area contributed by atoms with Crippen LogP contribution in [0, 0.1) is 0 Å². The van der Waals surface area contributed by atoms with Crippen LogP contribution >= 0.6 is 0 Å². The zero-order chi connectivity index (χ0) is 14.3. The maximum absolute atomic E-state index is 8.33. The van der Waals surface area contributed by atoms with Crippen molar-refractivity contribution in [2.24, 2.45) is 0 Å². The molecule has 0 aliphatic rings. The molecule has 0 spiro atoms. The van der Waals surface area contributed by atoms with Gasteiger partial charge in [0, 0.05) is 0 Å². The molecule has 12 nitrogen and oxygen atoms in total. The fourth-order valence-electron chi connectivity index (χ4n) is 0. The number of carbonyl (C=O) groups excluding carboxylic acids is 4. The van der Waals surface area contributed by atoms with E-state index in [1.54, 1.807) is 0 Å². The van der Waals surface area contributed by atoms with Crippen molar-refractivity contribution >= 4 is 117 Å². The van der Waals surface area contributed by atoms with Gasteiger partial charge in [0.2, 0.25) is 0 Å². The van der Waals surface area contributed by atoms with Gasteiger partial charge in [0.1, 0.15) is 0 Å². The van der Waals surface area contributed by atoms with Crippen LogP contribution in [0.1, 0.15) is 0 Å². The molecule has 0 aromatic heterocycles. The second kappa shape index (κ2) is 42.7. The molecule has 0 rings (SSSR count). The summed E-state index contributed by atoms with van der Waals surface area (Å²) in [6, 6.07) is 0. The maximum Gasteiger partial charge on any atom is 2.00 e. The minimum Gasteiger partial charge on any atom is -0.652 e. The molecule has 0 N–H and O–H groups in total. The SMILES string of the molecule is O=C([O-])[O-].O=C([O-])[O-].O=C([O-])[O-].O=C([O-])[O-].[Mg+2].[Mg+2].[Mg+2].[Mg+2]. The second-order valence-corrected chi connectivity index (χ2v) is 1.00. The first-order valence-corrected chi connectivity index (χ1v) is 2.45. The standard InChI is InChI=1S/4CH2O3.4Mg/c4*2-1(3)4;;;;/h4*(H2,2,3,4);;;;/q;;;;4*+2/p-8. The fourth-order valence-corrected chi connectivity index (χ4v) is 0. The molecule has 0 atom stereocenters. The molecule has 0 aromatic carbocycles. The van der Waals surface area contributed by atoms with E-state index in [9.17, 15) is 0 Å². The van der Waals surface area contributed by atoms with Gasteiger partial charge in [-0.25, -0.2) is 0 Å². The van der Waals surface area contributed by atoms with E-state index < -0.39 is 24.6 Å². The van der Waals surface area contributed by atoms with Crippen LogP contribution in [0.2, 0.25) is 0 Å². The van der Waals surface area contributed by atoms with Gasteiger partial charge in [-0.1, -0.05) is 0 Å². The summed E-state index contributed by atoms with van der Waals surface area (Å²) in [5.41, 5.74) is 0. The molecule has 0 amide bonds. The van der Waals surface area contributed by atoms with Crippen LogP contribution in [0.4, 0.5) is 19.2 Å². The van der Waals surface area contributed by atoms with Crippen LogP contribution in [0.25, 0.3) is 0 Å². The summed E-state index contributed by atoms with van der Waals surface area (Å²) in [6.07, 6.45) is -9.33. The second-order valence-electron chi connectivity index (χ2n) is 1.00. The largest absolute Gasteiger partial charge is 2.00 e. The summed E-state index contributed by atoms with van der Waals surface area (Å²) in [5.74, 6) is 0. The Hall–Kier alpha value is 0.145. The quantitative estimate of drug-likeness (QED) is 0.373. The van der Waals surface area contributed by atoms with Crippen molar-refractivity contribution in [3.05, 3.63) is 0 Å². The smallest absolute Gasteiger partial charge is 0.652 e. The van der Waals surface area contributed by atoms with Crippen molar-refractivity contribution in [3.63, 3.8) is 0 Å². The van der Waals surface area contributed by atoms with Gasteiger partial charge in [-0.15, -0.1) is 0 Å². The summed E-state index contributed by atoms with van der Waals surface area (Å²) in [6.45, 7) is 0. The minimum atomic E-state index is -2.33. The van der Waals surface area contributed by atoms with Gasteiger partial charge in [-0.05, 0) is 24.6 Å². The maximum atomic E-state index is 8.33. The normalized spacial score (nSPS) is 4.80. The predicted molar refractivity (Wildman–Crippen MR) is 44.6 cm³/mol. The number of carboxylic acid groups (broad SMARTS) is 8. The molecule has 96 valence electrons. The Morgan fingerprint density at radius 3 is 0.350 bits per heavy atom. The zero-order valence-corrected chi connectivity index (χ0v) is 15.4. The third-order valence-electron chi connectivity index (χ3n) is 0. The summed E-state index contributed by atoms with van der Waals surface area (Å²) >= 11 is 0. The van der Waals surface area contributed by atoms with Crippen molar-refractivity contribution in [1.82, 2.24) is 0 Å². The third kappa shape index (κ3) is 254000. The van der Waals surface area contributed by atoms with Crippen LogP contribution in [0.5, 0.6) is 0 Å². The van der Waals surface area contributed by atoms with Gasteiger partial charge in [0.05, 0.1) is 0 Å². The molecule has 0 radical (unpaired) electrons. The average Bonchev–Trinajstić information content (AvgIpc) is 1.76. The summed E-state index contributed by atoms with van der Waals surface area (Å²) in [5, 5.41) is 66.7. The molecule has 0 fully saturated rings. The van der Waals surface area contributed by atoms with Crippen molar-refractivity contribution < 1.29 is 60.0 Å². The van der Waals surface area contributed by atoms with E-state index in [-0.39, 0.29) is 92.2 Å². The van der Waals surface area contributed by atoms with Gasteiger partial charge in [-0.2, -0.15) is 0 Å². The molecule has 0 aliphatic carbocycles. The molecule has 0 saturated carbocycles. The first kappa shape index (κ1) is 50.1. The number of rotatable bonds is 0. The van der Waals surface area contributed by atoms with Crippen LogP contribution < -0.4 is 40.9 Å². The van der Waals surface area contributed by atoms with E-state index in [4.69, 9.17) is 60.0 Å². The molecule has 0 aliphatic heterocycles. The van der Waals surface area contributed by atoms with Crippen molar-refractivity contribution in [2.45, 2.75) is 0 Å². The minimum absolute atomic E-state index is 0. The van der Waals surface area contributed by atoms with E-state index in [1.807, 2.05) is 0 Å². The number of hydrogen-bond donors (Lipinski definition) is 0. The molecular weight excluding hydrogens is 337 g/mol. The van der Waals surface area contributed by atoms with Crippen LogP contribution in [0.15, 0.2) is 0 Å². The monoisotopic (exact) mass is 336 g/mol. The van der Waals surface area contributed by atoms with E-state index in [1.165, 1.54) is 0 Å². The molecular formula is C4Mg4O12. The first-order valence-electron chi connectivity index (χ1n) is 2.45. The fraction of sp³-hybridized carbons (Fsp3) is 0. The van der Waals surface area contributed by atoms with E-state index >= 15 is 0 Å². The average molecular weight is 337 g/mol. The topological polar surface area (TPSA) is 253 Å². The van der Waals surface area contributed by atoms with Gasteiger partial charge >= 0.3 is 92.2 Å². The van der Waals surface area contributed by atoms with E-state index in [0.29, 0.717) is 0 Å². The molecule has 0 heterocycles. The van der Waals surface area contributed by atoms with Crippen LogP contribution in [-0.2, 0) is 0 Å². The molecule has 0 bridgehead atoms. The predicted octanol–water partition coefficient (Wildman–Crippen LogP) is -11.3. The Labute approximate surface area is 175 Å². The van der Waals surface area contributed by atoms with Crippen LogP contribution in [-0.4, -0.2) is 117 Å². The zero-order valence-electron chi connectivity index (χ0n) is 9.73. The Kier molecular flexibility index (Phi) is 107. The summed E-state index contributed by atoms with van der Waals surface area (Å²) in [4.78, 5) is 33.3. The van der Waals surface area contributed by atoms with Gasteiger partial charge in [0.15, 0.2) is 0 Å². The molecule has 16 heteroatoms. The Morgan fingerprint density at radius 2 is 0.350 bits per heavy atom. The Morgan fingerprint density at radius 1 is 0.350 bits per heavy atom. The van der Waals surface area contributed by atoms with E-state index in [2.05, 4.69) is 0 Å².